The van der Waals surface area contributed by atoms with Gasteiger partial charge in [-0.3, -0.25) is 9.59 Å². The van der Waals surface area contributed by atoms with Gasteiger partial charge in [0.05, 0.1) is 31.3 Å². The second-order valence-electron chi connectivity index (χ2n) is 6.22. The Morgan fingerprint density at radius 2 is 1.56 bits per heavy atom. The number of nitrogens with one attached hydrogen (secondary N) is 2. The highest BCUT2D eigenvalue weighted by Gasteiger charge is 2.27. The minimum atomic E-state index is -0.825. The smallest absolute Gasteiger partial charge is 0.346 e. The molecule has 0 unspecified atom stereocenters. The predicted octanol–water partition coefficient (Wildman–Crippen LogP) is 2.41. The van der Waals surface area contributed by atoms with Gasteiger partial charge in [-0.15, -0.1) is 11.3 Å². The van der Waals surface area contributed by atoms with Crippen molar-refractivity contribution in [3.05, 3.63) is 39.8 Å². The molecule has 2 amide bonds. The van der Waals surface area contributed by atoms with Crippen LogP contribution in [0.15, 0.2) is 18.2 Å². The summed E-state index contributed by atoms with van der Waals surface area (Å²) >= 11 is 0.919. The summed E-state index contributed by atoms with van der Waals surface area (Å²) in [6, 6.07) is 4.75. The van der Waals surface area contributed by atoms with Gasteiger partial charge in [-0.05, 0) is 31.5 Å². The average Bonchev–Trinajstić information content (AvgIpc) is 3.11. The molecule has 1 heterocycles. The fraction of sp³-hybridized carbons (Fsp3) is 0.333. The highest BCUT2D eigenvalue weighted by atomic mass is 32.1. The molecule has 0 saturated carbocycles. The zero-order chi connectivity index (χ0) is 23.8. The molecule has 2 N–H and O–H groups in total. The highest BCUT2D eigenvalue weighted by molar-refractivity contribution is 7.18. The normalized spacial score (nSPS) is 10.2. The summed E-state index contributed by atoms with van der Waals surface area (Å²) in [6.07, 6.45) is 0. The number of carbonyl (C=O) groups excluding carboxylic acids is 4. The zero-order valence-corrected chi connectivity index (χ0v) is 19.1. The van der Waals surface area contributed by atoms with Crippen LogP contribution in [0.4, 0.5) is 5.00 Å². The maximum Gasteiger partial charge on any atom is 0.346 e. The number of ether oxygens (including phenoxy) is 4. The Kier molecular flexibility index (Phi) is 8.59. The molecule has 0 aliphatic heterocycles. The van der Waals surface area contributed by atoms with Crippen molar-refractivity contribution in [3.63, 3.8) is 0 Å². The number of esters is 2. The molecule has 0 atom stereocenters. The number of amides is 2. The summed E-state index contributed by atoms with van der Waals surface area (Å²) in [5.74, 6) is -2.17. The summed E-state index contributed by atoms with van der Waals surface area (Å²) in [6.45, 7) is 2.70. The lowest BCUT2D eigenvalue weighted by Gasteiger charge is -2.12. The van der Waals surface area contributed by atoms with E-state index in [0.29, 0.717) is 5.56 Å². The standard InChI is InChI=1S/C21H24N2O8S/c1-6-30-20(26)15-11(2)17(18(25)22-3)32-19(15)23-14(24)10-31-21(27)16-12(28-4)8-7-9-13(16)29-5/h7-9H,6,10H2,1-5H3,(H,22,25)(H,23,24). The summed E-state index contributed by atoms with van der Waals surface area (Å²) in [7, 11) is 4.23. The Morgan fingerprint density at radius 3 is 2.09 bits per heavy atom. The zero-order valence-electron chi connectivity index (χ0n) is 18.3. The quantitative estimate of drug-likeness (QED) is 0.541. The molecule has 1 aromatic heterocycles. The van der Waals surface area contributed by atoms with Crippen LogP contribution in [0, 0.1) is 6.92 Å². The second kappa shape index (κ2) is 11.1. The Balaban J connectivity index is 2.21. The number of anilines is 1. The fourth-order valence-electron chi connectivity index (χ4n) is 2.80. The molecule has 0 aliphatic carbocycles. The van der Waals surface area contributed by atoms with Crippen LogP contribution >= 0.6 is 11.3 Å². The van der Waals surface area contributed by atoms with Crippen LogP contribution in [0.1, 0.15) is 42.9 Å². The SMILES string of the molecule is CCOC(=O)c1c(NC(=O)COC(=O)c2c(OC)cccc2OC)sc(C(=O)NC)c1C. The molecule has 1 aromatic carbocycles. The van der Waals surface area contributed by atoms with Gasteiger partial charge in [0.15, 0.2) is 6.61 Å². The minimum Gasteiger partial charge on any atom is -0.496 e. The van der Waals surface area contributed by atoms with E-state index in [1.165, 1.54) is 21.3 Å². The van der Waals surface area contributed by atoms with Gasteiger partial charge in [0.2, 0.25) is 0 Å². The van der Waals surface area contributed by atoms with Crippen LogP contribution in [0.3, 0.4) is 0 Å². The second-order valence-corrected chi connectivity index (χ2v) is 7.24. The molecule has 0 aliphatic rings. The van der Waals surface area contributed by atoms with Gasteiger partial charge in [-0.25, -0.2) is 9.59 Å². The lowest BCUT2D eigenvalue weighted by molar-refractivity contribution is -0.119. The highest BCUT2D eigenvalue weighted by Crippen LogP contribution is 2.34. The fourth-order valence-corrected chi connectivity index (χ4v) is 3.96. The van der Waals surface area contributed by atoms with Crippen molar-refractivity contribution in [2.24, 2.45) is 0 Å². The molecule has 2 rings (SSSR count). The van der Waals surface area contributed by atoms with Crippen LogP contribution in [0.25, 0.3) is 0 Å². The molecule has 0 saturated heterocycles. The number of carbonyl (C=O) groups is 4. The maximum atomic E-state index is 12.5. The van der Waals surface area contributed by atoms with E-state index in [9.17, 15) is 19.2 Å². The number of methoxy groups -OCH3 is 2. The predicted molar refractivity (Wildman–Crippen MR) is 117 cm³/mol. The van der Waals surface area contributed by atoms with Crippen LogP contribution in [0.2, 0.25) is 0 Å². The Morgan fingerprint density at radius 1 is 0.969 bits per heavy atom. The maximum absolute atomic E-state index is 12.5. The number of thiophene rings is 1. The molecule has 32 heavy (non-hydrogen) atoms. The summed E-state index contributed by atoms with van der Waals surface area (Å²) in [5, 5.41) is 5.11. The molecule has 10 nitrogen and oxygen atoms in total. The molecule has 0 bridgehead atoms. The first kappa shape index (κ1) is 24.7. The van der Waals surface area contributed by atoms with Crippen molar-refractivity contribution in [1.29, 1.82) is 0 Å². The first-order valence-electron chi connectivity index (χ1n) is 9.49. The van der Waals surface area contributed by atoms with Crippen molar-refractivity contribution in [2.45, 2.75) is 13.8 Å². The minimum absolute atomic E-state index is 0.0337. The number of hydrogen-bond acceptors (Lipinski definition) is 9. The summed E-state index contributed by atoms with van der Waals surface area (Å²) in [5.41, 5.74) is 0.478. The third-order valence-corrected chi connectivity index (χ3v) is 5.48. The molecule has 2 aromatic rings. The Labute approximate surface area is 188 Å². The summed E-state index contributed by atoms with van der Waals surface area (Å²) in [4.78, 5) is 49.7. The van der Waals surface area contributed by atoms with Crippen LogP contribution in [0.5, 0.6) is 11.5 Å². The van der Waals surface area contributed by atoms with Crippen LogP contribution in [-0.4, -0.2) is 58.2 Å². The van der Waals surface area contributed by atoms with Crippen molar-refractivity contribution in [2.75, 3.05) is 39.8 Å². The van der Waals surface area contributed by atoms with E-state index < -0.39 is 30.4 Å². The van der Waals surface area contributed by atoms with E-state index in [1.807, 2.05) is 0 Å². The van der Waals surface area contributed by atoms with Crippen LogP contribution in [-0.2, 0) is 14.3 Å². The Bertz CT molecular complexity index is 1010. The molecule has 0 fully saturated rings. The van der Waals surface area contributed by atoms with E-state index in [-0.39, 0.29) is 39.1 Å². The molecule has 11 heteroatoms. The van der Waals surface area contributed by atoms with Gasteiger partial charge < -0.3 is 29.6 Å². The third kappa shape index (κ3) is 5.35. The molecule has 0 radical (unpaired) electrons. The van der Waals surface area contributed by atoms with E-state index in [4.69, 9.17) is 18.9 Å². The van der Waals surface area contributed by atoms with Gasteiger partial charge in [-0.2, -0.15) is 0 Å². The third-order valence-electron chi connectivity index (χ3n) is 4.28. The van der Waals surface area contributed by atoms with Gasteiger partial charge >= 0.3 is 11.9 Å². The number of hydrogen-bond donors (Lipinski definition) is 2. The largest absolute Gasteiger partial charge is 0.496 e. The van der Waals surface area contributed by atoms with Gasteiger partial charge in [0.1, 0.15) is 22.1 Å². The molecular formula is C21H24N2O8S. The van der Waals surface area contributed by atoms with E-state index >= 15 is 0 Å². The average molecular weight is 464 g/mol. The van der Waals surface area contributed by atoms with Gasteiger partial charge in [0, 0.05) is 7.05 Å². The first-order chi connectivity index (χ1) is 15.3. The van der Waals surface area contributed by atoms with Crippen molar-refractivity contribution < 1.29 is 38.1 Å². The first-order valence-corrected chi connectivity index (χ1v) is 10.3. The topological polar surface area (TPSA) is 129 Å². The molecular weight excluding hydrogens is 440 g/mol. The van der Waals surface area contributed by atoms with Crippen LogP contribution < -0.4 is 20.1 Å². The molecule has 0 spiro atoms. The van der Waals surface area contributed by atoms with Crippen molar-refractivity contribution >= 4 is 40.1 Å². The summed E-state index contributed by atoms with van der Waals surface area (Å²) < 4.78 is 20.4. The molecule has 172 valence electrons. The van der Waals surface area contributed by atoms with Crippen molar-refractivity contribution in [1.82, 2.24) is 5.32 Å². The van der Waals surface area contributed by atoms with Crippen molar-refractivity contribution in [3.8, 4) is 11.5 Å². The van der Waals surface area contributed by atoms with E-state index in [0.717, 1.165) is 11.3 Å². The van der Waals surface area contributed by atoms with E-state index in [2.05, 4.69) is 10.6 Å². The van der Waals surface area contributed by atoms with Gasteiger partial charge in [-0.1, -0.05) is 6.07 Å². The lowest BCUT2D eigenvalue weighted by atomic mass is 10.1. The number of rotatable bonds is 9. The van der Waals surface area contributed by atoms with E-state index in [1.54, 1.807) is 32.0 Å². The number of benzene rings is 1. The lowest BCUT2D eigenvalue weighted by Crippen LogP contribution is -2.22. The Hall–Kier alpha value is -3.60. The monoisotopic (exact) mass is 464 g/mol. The van der Waals surface area contributed by atoms with Gasteiger partial charge in [0.25, 0.3) is 11.8 Å².